The highest BCUT2D eigenvalue weighted by Crippen LogP contribution is 2.36. The van der Waals surface area contributed by atoms with Crippen molar-refractivity contribution in [3.63, 3.8) is 0 Å². The molecule has 76 valence electrons. The molecule has 0 aromatic heterocycles. The van der Waals surface area contributed by atoms with Crippen LogP contribution in [-0.4, -0.2) is 18.8 Å². The van der Waals surface area contributed by atoms with Gasteiger partial charge in [-0.25, -0.2) is 0 Å². The number of methoxy groups -OCH3 is 1. The number of hydrogen-bond acceptors (Lipinski definition) is 3. The van der Waals surface area contributed by atoms with Gasteiger partial charge in [0.15, 0.2) is 0 Å². The Bertz CT molecular complexity index is 347. The molecule has 14 heavy (non-hydrogen) atoms. The number of nitrogens with one attached hydrogen (secondary N) is 1. The normalized spacial score (nSPS) is 25.1. The van der Waals surface area contributed by atoms with E-state index < -0.39 is 5.60 Å². The minimum atomic E-state index is -0.715. The molecule has 1 atom stereocenters. The van der Waals surface area contributed by atoms with Crippen LogP contribution >= 0.6 is 0 Å². The predicted molar refractivity (Wildman–Crippen MR) is 55.7 cm³/mol. The summed E-state index contributed by atoms with van der Waals surface area (Å²) in [5.74, 6) is 0.814. The van der Waals surface area contributed by atoms with Crippen molar-refractivity contribution in [2.24, 2.45) is 0 Å². The largest absolute Gasteiger partial charge is 0.497 e. The molecule has 0 saturated carbocycles. The second-order valence-corrected chi connectivity index (χ2v) is 3.86. The molecule has 1 unspecified atom stereocenters. The highest BCUT2D eigenvalue weighted by Gasteiger charge is 2.29. The van der Waals surface area contributed by atoms with Gasteiger partial charge in [0.25, 0.3) is 0 Å². The van der Waals surface area contributed by atoms with Crippen LogP contribution in [0, 0.1) is 0 Å². The Balaban J connectivity index is 2.46. The first-order chi connectivity index (χ1) is 6.63. The van der Waals surface area contributed by atoms with E-state index >= 15 is 0 Å². The quantitative estimate of drug-likeness (QED) is 0.713. The molecule has 1 aromatic rings. The molecule has 0 spiro atoms. The van der Waals surface area contributed by atoms with Crippen LogP contribution < -0.4 is 10.1 Å². The summed E-state index contributed by atoms with van der Waals surface area (Å²) < 4.78 is 5.13. The van der Waals surface area contributed by atoms with E-state index in [9.17, 15) is 5.11 Å². The maximum atomic E-state index is 10.1. The maximum absolute atomic E-state index is 10.1. The minimum Gasteiger partial charge on any atom is -0.497 e. The zero-order chi connectivity index (χ0) is 10.2. The maximum Gasteiger partial charge on any atom is 0.120 e. The molecule has 0 aliphatic carbocycles. The summed E-state index contributed by atoms with van der Waals surface area (Å²) in [6, 6.07) is 5.71. The summed E-state index contributed by atoms with van der Waals surface area (Å²) in [4.78, 5) is 0. The molecule has 2 rings (SSSR count). The molecule has 0 amide bonds. The van der Waals surface area contributed by atoms with Gasteiger partial charge in [0.05, 0.1) is 12.7 Å². The highest BCUT2D eigenvalue weighted by atomic mass is 16.5. The van der Waals surface area contributed by atoms with Crippen LogP contribution in [-0.2, 0) is 5.60 Å². The van der Waals surface area contributed by atoms with Gasteiger partial charge in [-0.3, -0.25) is 0 Å². The van der Waals surface area contributed by atoms with Crippen molar-refractivity contribution in [1.29, 1.82) is 0 Å². The average Bonchev–Trinajstić information content (AvgIpc) is 2.16. The van der Waals surface area contributed by atoms with E-state index in [1.807, 2.05) is 25.1 Å². The summed E-state index contributed by atoms with van der Waals surface area (Å²) in [6.45, 7) is 2.65. The van der Waals surface area contributed by atoms with E-state index in [0.29, 0.717) is 0 Å². The summed E-state index contributed by atoms with van der Waals surface area (Å²) in [5, 5.41) is 13.4. The van der Waals surface area contributed by atoms with Crippen molar-refractivity contribution < 1.29 is 9.84 Å². The lowest BCUT2D eigenvalue weighted by molar-refractivity contribution is 0.0488. The number of fused-ring (bicyclic) bond motifs is 1. The zero-order valence-electron chi connectivity index (χ0n) is 8.50. The van der Waals surface area contributed by atoms with Gasteiger partial charge in [-0.15, -0.1) is 0 Å². The number of ether oxygens (including phenoxy) is 1. The predicted octanol–water partition coefficient (Wildman–Crippen LogP) is 1.72. The number of anilines is 1. The molecule has 1 heterocycles. The van der Waals surface area contributed by atoms with Crippen molar-refractivity contribution in [3.05, 3.63) is 23.8 Å². The Labute approximate surface area is 83.7 Å². The summed E-state index contributed by atoms with van der Waals surface area (Å²) in [6.07, 6.45) is 0.742. The van der Waals surface area contributed by atoms with Gasteiger partial charge in [0.2, 0.25) is 0 Å². The molecule has 0 fully saturated rings. The molecule has 0 saturated heterocycles. The monoisotopic (exact) mass is 193 g/mol. The number of rotatable bonds is 1. The van der Waals surface area contributed by atoms with Gasteiger partial charge in [0, 0.05) is 23.9 Å². The fourth-order valence-electron chi connectivity index (χ4n) is 1.84. The Morgan fingerprint density at radius 3 is 3.00 bits per heavy atom. The first-order valence-electron chi connectivity index (χ1n) is 4.78. The fourth-order valence-corrected chi connectivity index (χ4v) is 1.84. The lowest BCUT2D eigenvalue weighted by Gasteiger charge is -2.32. The zero-order valence-corrected chi connectivity index (χ0v) is 8.50. The van der Waals surface area contributed by atoms with Crippen LogP contribution in [0.15, 0.2) is 18.2 Å². The standard InChI is InChI=1S/C11H15NO2/c1-11(13)5-6-12-10-7-8(14-2)3-4-9(10)11/h3-4,7,12-13H,5-6H2,1-2H3. The second kappa shape index (κ2) is 3.17. The first kappa shape index (κ1) is 9.34. The SMILES string of the molecule is COc1ccc2c(c1)NCCC2(C)O. The van der Waals surface area contributed by atoms with Gasteiger partial charge >= 0.3 is 0 Å². The average molecular weight is 193 g/mol. The molecule has 3 nitrogen and oxygen atoms in total. The Morgan fingerprint density at radius 2 is 2.29 bits per heavy atom. The number of hydrogen-bond donors (Lipinski definition) is 2. The molecule has 0 bridgehead atoms. The van der Waals surface area contributed by atoms with Crippen molar-refractivity contribution in [1.82, 2.24) is 0 Å². The van der Waals surface area contributed by atoms with Crippen molar-refractivity contribution >= 4 is 5.69 Å². The molecule has 3 heteroatoms. The van der Waals surface area contributed by atoms with E-state index in [0.717, 1.165) is 30.0 Å². The van der Waals surface area contributed by atoms with Gasteiger partial charge < -0.3 is 15.2 Å². The molecule has 2 N–H and O–H groups in total. The van der Waals surface area contributed by atoms with Crippen LogP contribution in [0.3, 0.4) is 0 Å². The van der Waals surface area contributed by atoms with Crippen LogP contribution in [0.25, 0.3) is 0 Å². The van der Waals surface area contributed by atoms with E-state index in [2.05, 4.69) is 5.32 Å². The van der Waals surface area contributed by atoms with Gasteiger partial charge in [0.1, 0.15) is 5.75 Å². The van der Waals surface area contributed by atoms with Gasteiger partial charge in [-0.05, 0) is 19.4 Å². The van der Waals surface area contributed by atoms with Crippen molar-refractivity contribution in [2.75, 3.05) is 19.0 Å². The van der Waals surface area contributed by atoms with Crippen LogP contribution in [0.2, 0.25) is 0 Å². The van der Waals surface area contributed by atoms with Gasteiger partial charge in [-0.2, -0.15) is 0 Å². The minimum absolute atomic E-state index is 0.715. The van der Waals surface area contributed by atoms with Crippen LogP contribution in [0.5, 0.6) is 5.75 Å². The summed E-state index contributed by atoms with van der Waals surface area (Å²) in [7, 11) is 1.64. The van der Waals surface area contributed by atoms with Crippen molar-refractivity contribution in [3.8, 4) is 5.75 Å². The Hall–Kier alpha value is -1.22. The molecule has 1 aliphatic heterocycles. The molecular formula is C11H15NO2. The third kappa shape index (κ3) is 1.44. The lowest BCUT2D eigenvalue weighted by atomic mass is 9.88. The molecule has 1 aliphatic rings. The van der Waals surface area contributed by atoms with E-state index in [1.165, 1.54) is 0 Å². The molecular weight excluding hydrogens is 178 g/mol. The summed E-state index contributed by atoms with van der Waals surface area (Å²) in [5.41, 5.74) is 1.21. The van der Waals surface area contributed by atoms with E-state index in [1.54, 1.807) is 7.11 Å². The third-order valence-electron chi connectivity index (χ3n) is 2.73. The van der Waals surface area contributed by atoms with Crippen molar-refractivity contribution in [2.45, 2.75) is 18.9 Å². The number of aliphatic hydroxyl groups is 1. The molecule has 1 aromatic carbocycles. The van der Waals surface area contributed by atoms with E-state index in [4.69, 9.17) is 4.74 Å². The first-order valence-corrected chi connectivity index (χ1v) is 4.78. The topological polar surface area (TPSA) is 41.5 Å². The fraction of sp³-hybridized carbons (Fsp3) is 0.455. The third-order valence-corrected chi connectivity index (χ3v) is 2.73. The number of benzene rings is 1. The Kier molecular flexibility index (Phi) is 2.11. The molecule has 0 radical (unpaired) electrons. The van der Waals surface area contributed by atoms with Gasteiger partial charge in [-0.1, -0.05) is 6.07 Å². The van der Waals surface area contributed by atoms with Crippen LogP contribution in [0.4, 0.5) is 5.69 Å². The smallest absolute Gasteiger partial charge is 0.120 e. The lowest BCUT2D eigenvalue weighted by Crippen LogP contribution is -2.30. The second-order valence-electron chi connectivity index (χ2n) is 3.86. The Morgan fingerprint density at radius 1 is 1.50 bits per heavy atom. The van der Waals surface area contributed by atoms with Crippen LogP contribution in [0.1, 0.15) is 18.9 Å². The summed E-state index contributed by atoms with van der Waals surface area (Å²) >= 11 is 0. The highest BCUT2D eigenvalue weighted by molar-refractivity contribution is 5.59. The van der Waals surface area contributed by atoms with E-state index in [-0.39, 0.29) is 0 Å².